The number of furan rings is 1. The van der Waals surface area contributed by atoms with Crippen LogP contribution in [0.1, 0.15) is 0 Å². The van der Waals surface area contributed by atoms with E-state index in [2.05, 4.69) is 120 Å². The molecule has 5 nitrogen and oxygen atoms in total. The summed E-state index contributed by atoms with van der Waals surface area (Å²) in [7, 11) is 0. The number of rotatable bonds is 5. The van der Waals surface area contributed by atoms with E-state index in [4.69, 9.17) is 19.4 Å². The average molecular weight is 641 g/mol. The maximum Gasteiger partial charge on any atom is 0.164 e. The van der Waals surface area contributed by atoms with Crippen LogP contribution in [-0.2, 0) is 0 Å². The zero-order valence-electron chi connectivity index (χ0n) is 26.9. The van der Waals surface area contributed by atoms with Gasteiger partial charge in [0.15, 0.2) is 17.5 Å². The number of nitrogens with zero attached hydrogens (tertiary/aromatic N) is 4. The largest absolute Gasteiger partial charge is 0.456 e. The van der Waals surface area contributed by atoms with E-state index in [1.54, 1.807) is 0 Å². The van der Waals surface area contributed by atoms with Crippen molar-refractivity contribution in [3.63, 3.8) is 0 Å². The van der Waals surface area contributed by atoms with Crippen LogP contribution in [0.15, 0.2) is 174 Å². The predicted octanol–water partition coefficient (Wildman–Crippen LogP) is 11.5. The van der Waals surface area contributed by atoms with Crippen molar-refractivity contribution in [1.82, 2.24) is 19.5 Å². The molecule has 0 bridgehead atoms. The quantitative estimate of drug-likeness (QED) is 0.188. The summed E-state index contributed by atoms with van der Waals surface area (Å²) in [6, 6.07) is 58.5. The van der Waals surface area contributed by atoms with Gasteiger partial charge >= 0.3 is 0 Å². The number of hydrogen-bond donors (Lipinski definition) is 0. The molecule has 3 heterocycles. The van der Waals surface area contributed by atoms with Crippen LogP contribution in [0.25, 0.3) is 94.7 Å². The van der Waals surface area contributed by atoms with Crippen LogP contribution in [0.4, 0.5) is 0 Å². The number of fused-ring (bicyclic) bond motifs is 6. The molecule has 5 heteroatoms. The third-order valence-electron chi connectivity index (χ3n) is 9.48. The predicted molar refractivity (Wildman–Crippen MR) is 203 cm³/mol. The van der Waals surface area contributed by atoms with Gasteiger partial charge in [0.1, 0.15) is 11.2 Å². The van der Waals surface area contributed by atoms with E-state index in [1.165, 1.54) is 0 Å². The van der Waals surface area contributed by atoms with Gasteiger partial charge in [-0.05, 0) is 53.6 Å². The van der Waals surface area contributed by atoms with Crippen LogP contribution in [0.2, 0.25) is 0 Å². The highest BCUT2D eigenvalue weighted by atomic mass is 16.3. The fraction of sp³-hybridized carbons (Fsp3) is 0. The Kier molecular flexibility index (Phi) is 6.42. The SMILES string of the molecule is c1ccc(-c2nc(-c3ccc(-c4ccc5c(c4)oc4ccccc45)cc3)nc(-c3cccc4c3c3ccccc3n4-c3ccccc3)n2)cc1. The van der Waals surface area contributed by atoms with Crippen molar-refractivity contribution >= 4 is 43.7 Å². The molecule has 0 aliphatic heterocycles. The van der Waals surface area contributed by atoms with Crippen LogP contribution in [-0.4, -0.2) is 19.5 Å². The van der Waals surface area contributed by atoms with Crippen LogP contribution in [0.3, 0.4) is 0 Å². The van der Waals surface area contributed by atoms with Crippen molar-refractivity contribution in [3.8, 4) is 51.0 Å². The third-order valence-corrected chi connectivity index (χ3v) is 9.48. The Morgan fingerprint density at radius 2 is 0.960 bits per heavy atom. The highest BCUT2D eigenvalue weighted by Gasteiger charge is 2.19. The molecule has 0 amide bonds. The number of hydrogen-bond acceptors (Lipinski definition) is 4. The zero-order valence-corrected chi connectivity index (χ0v) is 26.9. The van der Waals surface area contributed by atoms with Crippen LogP contribution >= 0.6 is 0 Å². The first-order valence-electron chi connectivity index (χ1n) is 16.7. The molecule has 10 rings (SSSR count). The topological polar surface area (TPSA) is 56.7 Å². The minimum absolute atomic E-state index is 0.622. The standard InChI is InChI=1S/C45H28N4O/c1-3-12-30(13-4-1)43-46-44(31-24-22-29(23-25-31)32-26-27-35-34-16-8-10-21-40(34)50-41(35)28-32)48-45(47-43)37-18-11-20-39-42(37)36-17-7-9-19-38(36)49(39)33-14-5-2-6-15-33/h1-28H. The van der Waals surface area contributed by atoms with E-state index in [0.717, 1.165) is 77.2 Å². The van der Waals surface area contributed by atoms with Gasteiger partial charge in [0.2, 0.25) is 0 Å². The van der Waals surface area contributed by atoms with Crippen LogP contribution in [0, 0.1) is 0 Å². The summed E-state index contributed by atoms with van der Waals surface area (Å²) in [6.07, 6.45) is 0. The van der Waals surface area contributed by atoms with Crippen molar-refractivity contribution < 1.29 is 4.42 Å². The molecular formula is C45H28N4O. The van der Waals surface area contributed by atoms with E-state index in [9.17, 15) is 0 Å². The molecule has 234 valence electrons. The number of para-hydroxylation sites is 3. The lowest BCUT2D eigenvalue weighted by Gasteiger charge is -2.11. The Labute approximate surface area is 287 Å². The number of aromatic nitrogens is 4. The van der Waals surface area contributed by atoms with Gasteiger partial charge in [-0.3, -0.25) is 0 Å². The van der Waals surface area contributed by atoms with Gasteiger partial charge in [-0.25, -0.2) is 15.0 Å². The van der Waals surface area contributed by atoms with Crippen molar-refractivity contribution in [2.75, 3.05) is 0 Å². The number of benzene rings is 7. The van der Waals surface area contributed by atoms with Gasteiger partial charge in [0.05, 0.1) is 11.0 Å². The lowest BCUT2D eigenvalue weighted by molar-refractivity contribution is 0.669. The van der Waals surface area contributed by atoms with Crippen molar-refractivity contribution in [1.29, 1.82) is 0 Å². The Hall–Kier alpha value is -6.85. The molecule has 7 aromatic carbocycles. The lowest BCUT2D eigenvalue weighted by atomic mass is 10.0. The summed E-state index contributed by atoms with van der Waals surface area (Å²) in [4.78, 5) is 15.3. The normalized spacial score (nSPS) is 11.6. The monoisotopic (exact) mass is 640 g/mol. The molecule has 0 N–H and O–H groups in total. The molecule has 0 fully saturated rings. The van der Waals surface area contributed by atoms with E-state index in [-0.39, 0.29) is 0 Å². The summed E-state index contributed by atoms with van der Waals surface area (Å²) in [5.41, 5.74) is 10.1. The second kappa shape index (κ2) is 11.4. The Balaban J connectivity index is 1.13. The summed E-state index contributed by atoms with van der Waals surface area (Å²) in [6.45, 7) is 0. The zero-order chi connectivity index (χ0) is 33.0. The molecule has 3 aromatic heterocycles. The van der Waals surface area contributed by atoms with Gasteiger partial charge in [0, 0.05) is 43.9 Å². The molecular weight excluding hydrogens is 613 g/mol. The first-order valence-corrected chi connectivity index (χ1v) is 16.7. The van der Waals surface area contributed by atoms with Gasteiger partial charge < -0.3 is 8.98 Å². The first-order chi connectivity index (χ1) is 24.8. The highest BCUT2D eigenvalue weighted by Crippen LogP contribution is 2.39. The van der Waals surface area contributed by atoms with E-state index in [0.29, 0.717) is 17.5 Å². The summed E-state index contributed by atoms with van der Waals surface area (Å²) < 4.78 is 8.49. The van der Waals surface area contributed by atoms with E-state index in [1.807, 2.05) is 54.6 Å². The molecule has 0 radical (unpaired) electrons. The molecule has 0 unspecified atom stereocenters. The molecule has 0 aliphatic rings. The fourth-order valence-corrected chi connectivity index (χ4v) is 7.12. The first kappa shape index (κ1) is 28.2. The molecule has 0 saturated carbocycles. The highest BCUT2D eigenvalue weighted by molar-refractivity contribution is 6.15. The molecule has 0 spiro atoms. The van der Waals surface area contributed by atoms with Crippen molar-refractivity contribution in [2.45, 2.75) is 0 Å². The minimum Gasteiger partial charge on any atom is -0.456 e. The van der Waals surface area contributed by atoms with Crippen molar-refractivity contribution in [2.24, 2.45) is 0 Å². The summed E-state index contributed by atoms with van der Waals surface area (Å²) in [5, 5.41) is 4.51. The molecule has 50 heavy (non-hydrogen) atoms. The smallest absolute Gasteiger partial charge is 0.164 e. The van der Waals surface area contributed by atoms with Gasteiger partial charge in [-0.2, -0.15) is 0 Å². The second-order valence-electron chi connectivity index (χ2n) is 12.4. The van der Waals surface area contributed by atoms with E-state index < -0.39 is 0 Å². The Bertz CT molecular complexity index is 2850. The summed E-state index contributed by atoms with van der Waals surface area (Å²) in [5.74, 6) is 1.89. The molecule has 0 atom stereocenters. The molecule has 10 aromatic rings. The van der Waals surface area contributed by atoms with Gasteiger partial charge in [0.25, 0.3) is 0 Å². The van der Waals surface area contributed by atoms with Crippen LogP contribution in [0.5, 0.6) is 0 Å². The van der Waals surface area contributed by atoms with Gasteiger partial charge in [-0.1, -0.05) is 127 Å². The third kappa shape index (κ3) is 4.60. The Morgan fingerprint density at radius 3 is 1.76 bits per heavy atom. The maximum atomic E-state index is 6.17. The maximum absolute atomic E-state index is 6.17. The Morgan fingerprint density at radius 1 is 0.380 bits per heavy atom. The second-order valence-corrected chi connectivity index (χ2v) is 12.4. The average Bonchev–Trinajstić information content (AvgIpc) is 3.74. The molecule has 0 aliphatic carbocycles. The lowest BCUT2D eigenvalue weighted by Crippen LogP contribution is -2.00. The summed E-state index contributed by atoms with van der Waals surface area (Å²) >= 11 is 0. The minimum atomic E-state index is 0.622. The van der Waals surface area contributed by atoms with Crippen molar-refractivity contribution in [3.05, 3.63) is 170 Å². The molecule has 0 saturated heterocycles. The van der Waals surface area contributed by atoms with Gasteiger partial charge in [-0.15, -0.1) is 0 Å². The van der Waals surface area contributed by atoms with Crippen LogP contribution < -0.4 is 0 Å². The van der Waals surface area contributed by atoms with E-state index >= 15 is 0 Å². The fourth-order valence-electron chi connectivity index (χ4n) is 7.12.